The van der Waals surface area contributed by atoms with Crippen molar-refractivity contribution in [1.29, 1.82) is 5.41 Å². The summed E-state index contributed by atoms with van der Waals surface area (Å²) in [7, 11) is 0. The first-order chi connectivity index (χ1) is 13.0. The zero-order chi connectivity index (χ0) is 18.8. The van der Waals surface area contributed by atoms with Crippen molar-refractivity contribution in [3.05, 3.63) is 88.3 Å². The molecule has 1 aromatic heterocycles. The first-order valence-corrected chi connectivity index (χ1v) is 9.91. The third kappa shape index (κ3) is 2.22. The topological polar surface area (TPSA) is 49.9 Å². The van der Waals surface area contributed by atoms with Gasteiger partial charge in [0, 0.05) is 21.1 Å². The second kappa shape index (κ2) is 5.54. The van der Waals surface area contributed by atoms with Gasteiger partial charge in [-0.1, -0.05) is 68.4 Å². The summed E-state index contributed by atoms with van der Waals surface area (Å²) in [5, 5.41) is 9.87. The van der Waals surface area contributed by atoms with Crippen LogP contribution >= 0.6 is 11.3 Å². The molecule has 3 N–H and O–H groups in total. The molecule has 0 atom stereocenters. The summed E-state index contributed by atoms with van der Waals surface area (Å²) in [4.78, 5) is 0.851. The standard InChI is InChI=1S/C24H20N2S/c1-24(2)18-9-5-3-7-15(18)16-12-11-14(13-19(16)24)21(25)23-22(26)17-8-4-6-10-20(17)27-23/h3-13,25H,26H2,1-2H3. The number of nitrogens with one attached hydrogen (secondary N) is 1. The van der Waals surface area contributed by atoms with Crippen LogP contribution in [0.2, 0.25) is 0 Å². The van der Waals surface area contributed by atoms with Crippen LogP contribution in [0.4, 0.5) is 5.69 Å². The fourth-order valence-electron chi connectivity index (χ4n) is 4.24. The molecule has 1 heterocycles. The Morgan fingerprint density at radius 3 is 2.41 bits per heavy atom. The highest BCUT2D eigenvalue weighted by molar-refractivity contribution is 7.21. The Bertz CT molecular complexity index is 1230. The molecular formula is C24H20N2S. The molecule has 0 fully saturated rings. The Morgan fingerprint density at radius 2 is 1.59 bits per heavy atom. The maximum absolute atomic E-state index is 8.83. The molecule has 132 valence electrons. The van der Waals surface area contributed by atoms with Gasteiger partial charge in [0.2, 0.25) is 0 Å². The summed E-state index contributed by atoms with van der Waals surface area (Å²) in [6.45, 7) is 4.53. The first kappa shape index (κ1) is 16.3. The highest BCUT2D eigenvalue weighted by Gasteiger charge is 2.35. The number of hydrogen-bond donors (Lipinski definition) is 2. The van der Waals surface area contributed by atoms with E-state index < -0.39 is 0 Å². The minimum absolute atomic E-state index is 0.0616. The van der Waals surface area contributed by atoms with Crippen molar-refractivity contribution < 1.29 is 0 Å². The van der Waals surface area contributed by atoms with Gasteiger partial charge in [-0.25, -0.2) is 0 Å². The van der Waals surface area contributed by atoms with E-state index in [4.69, 9.17) is 11.1 Å². The van der Waals surface area contributed by atoms with Gasteiger partial charge in [-0.05, 0) is 34.4 Å². The van der Waals surface area contributed by atoms with Crippen LogP contribution in [-0.4, -0.2) is 5.71 Å². The minimum atomic E-state index is -0.0616. The fraction of sp³-hybridized carbons (Fsp3) is 0.125. The van der Waals surface area contributed by atoms with Crippen molar-refractivity contribution in [3.63, 3.8) is 0 Å². The average molecular weight is 369 g/mol. The molecule has 1 aliphatic rings. The molecule has 4 aromatic rings. The van der Waals surface area contributed by atoms with Gasteiger partial charge < -0.3 is 5.73 Å². The molecule has 1 aliphatic carbocycles. The summed E-state index contributed by atoms with van der Waals surface area (Å²) < 4.78 is 1.13. The molecule has 3 aromatic carbocycles. The van der Waals surface area contributed by atoms with Gasteiger partial charge in [0.05, 0.1) is 16.3 Å². The lowest BCUT2D eigenvalue weighted by atomic mass is 9.81. The molecule has 0 bridgehead atoms. The summed E-state index contributed by atoms with van der Waals surface area (Å²) in [6, 6.07) is 23.1. The van der Waals surface area contributed by atoms with Crippen molar-refractivity contribution in [2.45, 2.75) is 19.3 Å². The molecule has 27 heavy (non-hydrogen) atoms. The van der Waals surface area contributed by atoms with Crippen molar-refractivity contribution in [1.82, 2.24) is 0 Å². The van der Waals surface area contributed by atoms with Crippen LogP contribution in [0.15, 0.2) is 66.7 Å². The normalized spacial score (nSPS) is 14.1. The molecule has 0 saturated heterocycles. The van der Waals surface area contributed by atoms with E-state index in [1.807, 2.05) is 18.2 Å². The second-order valence-electron chi connectivity index (χ2n) is 7.65. The molecule has 0 aliphatic heterocycles. The van der Waals surface area contributed by atoms with Gasteiger partial charge in [0.15, 0.2) is 0 Å². The van der Waals surface area contributed by atoms with Crippen LogP contribution in [0.25, 0.3) is 21.2 Å². The van der Waals surface area contributed by atoms with E-state index in [0.29, 0.717) is 11.4 Å². The van der Waals surface area contributed by atoms with E-state index >= 15 is 0 Å². The largest absolute Gasteiger partial charge is 0.397 e. The molecule has 2 nitrogen and oxygen atoms in total. The van der Waals surface area contributed by atoms with Gasteiger partial charge in [0.25, 0.3) is 0 Å². The van der Waals surface area contributed by atoms with Gasteiger partial charge in [-0.3, -0.25) is 5.41 Å². The highest BCUT2D eigenvalue weighted by Crippen LogP contribution is 2.49. The summed E-state index contributed by atoms with van der Waals surface area (Å²) in [5.41, 5.74) is 13.7. The number of nitrogen functional groups attached to an aromatic ring is 1. The maximum Gasteiger partial charge on any atom is 0.0805 e. The molecule has 0 spiro atoms. The van der Waals surface area contributed by atoms with Gasteiger partial charge >= 0.3 is 0 Å². The van der Waals surface area contributed by atoms with E-state index in [-0.39, 0.29) is 5.41 Å². The third-order valence-electron chi connectivity index (χ3n) is 5.73. The summed E-state index contributed by atoms with van der Waals surface area (Å²) in [5.74, 6) is 0. The quantitative estimate of drug-likeness (QED) is 0.406. The number of hydrogen-bond acceptors (Lipinski definition) is 3. The fourth-order valence-corrected chi connectivity index (χ4v) is 5.34. The minimum Gasteiger partial charge on any atom is -0.397 e. The van der Waals surface area contributed by atoms with Crippen LogP contribution in [0.5, 0.6) is 0 Å². The molecule has 0 saturated carbocycles. The number of thiophene rings is 1. The SMILES string of the molecule is CC1(C)c2ccccc2-c2ccc(C(=N)c3sc4ccccc4c3N)cc21. The number of fused-ring (bicyclic) bond motifs is 4. The number of nitrogens with two attached hydrogens (primary N) is 1. The molecule has 0 amide bonds. The first-order valence-electron chi connectivity index (χ1n) is 9.09. The lowest BCUT2D eigenvalue weighted by Gasteiger charge is -2.22. The number of benzene rings is 3. The average Bonchev–Trinajstić information content (AvgIpc) is 3.14. The zero-order valence-electron chi connectivity index (χ0n) is 15.3. The summed E-state index contributed by atoms with van der Waals surface area (Å²) >= 11 is 1.60. The van der Waals surface area contributed by atoms with Gasteiger partial charge in [-0.2, -0.15) is 0 Å². The maximum atomic E-state index is 8.83. The number of rotatable bonds is 2. The molecule has 5 rings (SSSR count). The highest BCUT2D eigenvalue weighted by atomic mass is 32.1. The van der Waals surface area contributed by atoms with Crippen LogP contribution < -0.4 is 5.73 Å². The Kier molecular flexibility index (Phi) is 3.34. The van der Waals surface area contributed by atoms with Crippen molar-refractivity contribution in [2.75, 3.05) is 5.73 Å². The summed E-state index contributed by atoms with van der Waals surface area (Å²) in [6.07, 6.45) is 0. The molecular weight excluding hydrogens is 348 g/mol. The zero-order valence-corrected chi connectivity index (χ0v) is 16.2. The van der Waals surface area contributed by atoms with E-state index in [9.17, 15) is 0 Å². The van der Waals surface area contributed by atoms with Gasteiger partial charge in [0.1, 0.15) is 0 Å². The Balaban J connectivity index is 1.65. The smallest absolute Gasteiger partial charge is 0.0805 e. The van der Waals surface area contributed by atoms with Crippen molar-refractivity contribution in [2.24, 2.45) is 0 Å². The van der Waals surface area contributed by atoms with E-state index in [2.05, 4.69) is 62.4 Å². The third-order valence-corrected chi connectivity index (χ3v) is 6.94. The van der Waals surface area contributed by atoms with Crippen LogP contribution in [-0.2, 0) is 5.41 Å². The van der Waals surface area contributed by atoms with E-state index in [0.717, 1.165) is 20.5 Å². The van der Waals surface area contributed by atoms with Crippen molar-refractivity contribution >= 4 is 32.8 Å². The Morgan fingerprint density at radius 1 is 0.889 bits per heavy atom. The molecule has 0 radical (unpaired) electrons. The molecule has 0 unspecified atom stereocenters. The predicted molar refractivity (Wildman–Crippen MR) is 116 cm³/mol. The number of anilines is 1. The van der Waals surface area contributed by atoms with Gasteiger partial charge in [-0.15, -0.1) is 11.3 Å². The monoisotopic (exact) mass is 368 g/mol. The van der Waals surface area contributed by atoms with Crippen LogP contribution in [0, 0.1) is 5.41 Å². The Hall–Kier alpha value is -2.91. The van der Waals surface area contributed by atoms with Crippen LogP contribution in [0.3, 0.4) is 0 Å². The van der Waals surface area contributed by atoms with Crippen LogP contribution in [0.1, 0.15) is 35.4 Å². The Labute approximate surface area is 162 Å². The predicted octanol–water partition coefficient (Wildman–Crippen LogP) is 6.21. The van der Waals surface area contributed by atoms with E-state index in [1.54, 1.807) is 11.3 Å². The molecule has 3 heteroatoms. The van der Waals surface area contributed by atoms with Crippen molar-refractivity contribution in [3.8, 4) is 11.1 Å². The lowest BCUT2D eigenvalue weighted by molar-refractivity contribution is 0.660. The second-order valence-corrected chi connectivity index (χ2v) is 8.70. The van der Waals surface area contributed by atoms with E-state index in [1.165, 1.54) is 22.3 Å². The lowest BCUT2D eigenvalue weighted by Crippen LogP contribution is -2.15.